The Morgan fingerprint density at radius 1 is 1.18 bits per heavy atom. The van der Waals surface area contributed by atoms with Gasteiger partial charge in [0.25, 0.3) is 0 Å². The Bertz CT molecular complexity index is 194. The number of hydrogen-bond donors (Lipinski definition) is 0. The van der Waals surface area contributed by atoms with Crippen LogP contribution in [0.4, 0.5) is 0 Å². The monoisotopic (exact) mass is 148 g/mol. The summed E-state index contributed by atoms with van der Waals surface area (Å²) in [5.41, 5.74) is 1.55. The summed E-state index contributed by atoms with van der Waals surface area (Å²) < 4.78 is 0. The van der Waals surface area contributed by atoms with E-state index in [1.807, 2.05) is 0 Å². The number of hydrogen-bond acceptors (Lipinski definition) is 0. The largest absolute Gasteiger partial charge is 0.0773 e. The maximum atomic E-state index is 2.29. The van der Waals surface area contributed by atoms with E-state index < -0.39 is 0 Å². The molecule has 0 saturated heterocycles. The van der Waals surface area contributed by atoms with Crippen molar-refractivity contribution in [3.05, 3.63) is 36.0 Å². The highest BCUT2D eigenvalue weighted by Gasteiger charge is 2.06. The standard InChI is InChI=1S/C11H16/c1-3-10-8-6-5-7-9-11(10)4-2/h5-10H,3-4H2,1-2H3. The van der Waals surface area contributed by atoms with Gasteiger partial charge in [-0.3, -0.25) is 0 Å². The highest BCUT2D eigenvalue weighted by atomic mass is 14.1. The fourth-order valence-electron chi connectivity index (χ4n) is 1.47. The third kappa shape index (κ3) is 2.07. The molecule has 0 nitrogen and oxygen atoms in total. The molecular weight excluding hydrogens is 132 g/mol. The first-order chi connectivity index (χ1) is 5.38. The van der Waals surface area contributed by atoms with E-state index in [9.17, 15) is 0 Å². The smallest absolute Gasteiger partial charge is 0.00198 e. The molecule has 0 N–H and O–H groups in total. The van der Waals surface area contributed by atoms with Crippen molar-refractivity contribution in [2.45, 2.75) is 26.7 Å². The fraction of sp³-hybridized carbons (Fsp3) is 0.455. The van der Waals surface area contributed by atoms with Gasteiger partial charge in [0.05, 0.1) is 0 Å². The molecule has 0 saturated carbocycles. The van der Waals surface area contributed by atoms with E-state index in [1.54, 1.807) is 5.57 Å². The first kappa shape index (κ1) is 8.32. The van der Waals surface area contributed by atoms with Crippen molar-refractivity contribution < 1.29 is 0 Å². The van der Waals surface area contributed by atoms with Gasteiger partial charge in [0, 0.05) is 0 Å². The third-order valence-electron chi connectivity index (χ3n) is 2.20. The van der Waals surface area contributed by atoms with E-state index in [0.29, 0.717) is 5.92 Å². The van der Waals surface area contributed by atoms with E-state index in [-0.39, 0.29) is 0 Å². The first-order valence-corrected chi connectivity index (χ1v) is 4.42. The molecule has 0 aliphatic heterocycles. The Balaban J connectivity index is 2.76. The van der Waals surface area contributed by atoms with Crippen LogP contribution in [-0.4, -0.2) is 0 Å². The molecule has 1 aliphatic carbocycles. The summed E-state index contributed by atoms with van der Waals surface area (Å²) >= 11 is 0. The van der Waals surface area contributed by atoms with Crippen LogP contribution in [0.2, 0.25) is 0 Å². The van der Waals surface area contributed by atoms with E-state index in [4.69, 9.17) is 0 Å². The third-order valence-corrected chi connectivity index (χ3v) is 2.20. The minimum atomic E-state index is 0.676. The number of rotatable bonds is 2. The van der Waals surface area contributed by atoms with Gasteiger partial charge in [-0.25, -0.2) is 0 Å². The second-order valence-corrected chi connectivity index (χ2v) is 2.88. The lowest BCUT2D eigenvalue weighted by Crippen LogP contribution is -1.97. The molecule has 0 spiro atoms. The van der Waals surface area contributed by atoms with Gasteiger partial charge < -0.3 is 0 Å². The van der Waals surface area contributed by atoms with Gasteiger partial charge in [0.2, 0.25) is 0 Å². The Kier molecular flexibility index (Phi) is 3.15. The molecule has 1 aliphatic rings. The van der Waals surface area contributed by atoms with Crippen LogP contribution >= 0.6 is 0 Å². The molecule has 0 amide bonds. The van der Waals surface area contributed by atoms with Gasteiger partial charge in [0.15, 0.2) is 0 Å². The molecule has 0 heteroatoms. The average Bonchev–Trinajstić information content (AvgIpc) is 2.27. The summed E-state index contributed by atoms with van der Waals surface area (Å²) in [6, 6.07) is 0. The lowest BCUT2D eigenvalue weighted by molar-refractivity contribution is 0.700. The van der Waals surface area contributed by atoms with E-state index >= 15 is 0 Å². The Morgan fingerprint density at radius 3 is 2.64 bits per heavy atom. The van der Waals surface area contributed by atoms with Crippen LogP contribution in [0.3, 0.4) is 0 Å². The highest BCUT2D eigenvalue weighted by Crippen LogP contribution is 2.21. The Morgan fingerprint density at radius 2 is 2.00 bits per heavy atom. The van der Waals surface area contributed by atoms with Crippen molar-refractivity contribution in [3.63, 3.8) is 0 Å². The molecule has 1 rings (SSSR count). The summed E-state index contributed by atoms with van der Waals surface area (Å²) in [6.45, 7) is 4.46. The predicted molar refractivity (Wildman–Crippen MR) is 50.4 cm³/mol. The maximum absolute atomic E-state index is 2.29. The SMILES string of the molecule is CCC1=CC=CC=CC1CC. The van der Waals surface area contributed by atoms with Crippen LogP contribution in [0.15, 0.2) is 36.0 Å². The molecule has 0 aromatic rings. The lowest BCUT2D eigenvalue weighted by Gasteiger charge is -2.11. The molecule has 0 bridgehead atoms. The molecule has 1 unspecified atom stereocenters. The summed E-state index contributed by atoms with van der Waals surface area (Å²) in [5.74, 6) is 0.676. The molecule has 1 atom stereocenters. The van der Waals surface area contributed by atoms with E-state index in [2.05, 4.69) is 44.2 Å². The molecule has 60 valence electrons. The molecule has 0 heterocycles. The van der Waals surface area contributed by atoms with Crippen molar-refractivity contribution in [3.8, 4) is 0 Å². The van der Waals surface area contributed by atoms with Crippen LogP contribution in [0.5, 0.6) is 0 Å². The molecule has 0 fully saturated rings. The second-order valence-electron chi connectivity index (χ2n) is 2.88. The van der Waals surface area contributed by atoms with Gasteiger partial charge in [-0.05, 0) is 18.8 Å². The van der Waals surface area contributed by atoms with E-state index in [0.717, 1.165) is 0 Å². The van der Waals surface area contributed by atoms with Gasteiger partial charge in [-0.2, -0.15) is 0 Å². The van der Waals surface area contributed by atoms with Crippen molar-refractivity contribution in [1.29, 1.82) is 0 Å². The van der Waals surface area contributed by atoms with Crippen LogP contribution < -0.4 is 0 Å². The fourth-order valence-corrected chi connectivity index (χ4v) is 1.47. The van der Waals surface area contributed by atoms with E-state index in [1.165, 1.54) is 12.8 Å². The zero-order valence-electron chi connectivity index (χ0n) is 7.38. The van der Waals surface area contributed by atoms with Crippen molar-refractivity contribution in [2.75, 3.05) is 0 Å². The van der Waals surface area contributed by atoms with Crippen molar-refractivity contribution in [1.82, 2.24) is 0 Å². The minimum Gasteiger partial charge on any atom is -0.0773 e. The minimum absolute atomic E-state index is 0.676. The highest BCUT2D eigenvalue weighted by molar-refractivity contribution is 5.26. The first-order valence-electron chi connectivity index (χ1n) is 4.42. The normalized spacial score (nSPS) is 23.1. The van der Waals surface area contributed by atoms with Gasteiger partial charge in [-0.1, -0.05) is 49.8 Å². The summed E-state index contributed by atoms with van der Waals surface area (Å²) in [4.78, 5) is 0. The average molecular weight is 148 g/mol. The molecule has 11 heavy (non-hydrogen) atoms. The van der Waals surface area contributed by atoms with Crippen molar-refractivity contribution >= 4 is 0 Å². The van der Waals surface area contributed by atoms with Gasteiger partial charge >= 0.3 is 0 Å². The topological polar surface area (TPSA) is 0 Å². The van der Waals surface area contributed by atoms with Crippen LogP contribution in [0.25, 0.3) is 0 Å². The molecule has 0 radical (unpaired) electrons. The molecule has 0 aromatic carbocycles. The second kappa shape index (κ2) is 4.17. The van der Waals surface area contributed by atoms with Crippen LogP contribution in [0.1, 0.15) is 26.7 Å². The Labute approximate surface area is 69.3 Å². The van der Waals surface area contributed by atoms with Crippen LogP contribution in [0, 0.1) is 5.92 Å². The zero-order chi connectivity index (χ0) is 8.10. The van der Waals surface area contributed by atoms with Gasteiger partial charge in [0.1, 0.15) is 0 Å². The van der Waals surface area contributed by atoms with Crippen LogP contribution in [-0.2, 0) is 0 Å². The number of allylic oxidation sites excluding steroid dienone is 6. The van der Waals surface area contributed by atoms with Gasteiger partial charge in [-0.15, -0.1) is 0 Å². The Hall–Kier alpha value is -0.780. The lowest BCUT2D eigenvalue weighted by atomic mass is 9.94. The molecule has 0 aromatic heterocycles. The van der Waals surface area contributed by atoms with Crippen molar-refractivity contribution in [2.24, 2.45) is 5.92 Å². The predicted octanol–water partition coefficient (Wildman–Crippen LogP) is 3.48. The maximum Gasteiger partial charge on any atom is -0.00198 e. The zero-order valence-corrected chi connectivity index (χ0v) is 7.38. The summed E-state index contributed by atoms with van der Waals surface area (Å²) in [6.07, 6.45) is 13.3. The summed E-state index contributed by atoms with van der Waals surface area (Å²) in [7, 11) is 0. The quantitative estimate of drug-likeness (QED) is 0.562. The molecular formula is C11H16. The summed E-state index contributed by atoms with van der Waals surface area (Å²) in [5, 5.41) is 0.